The van der Waals surface area contributed by atoms with Gasteiger partial charge in [0, 0.05) is 31.4 Å². The van der Waals surface area contributed by atoms with Gasteiger partial charge in [-0.25, -0.2) is 4.98 Å². The van der Waals surface area contributed by atoms with Crippen molar-refractivity contribution in [3.63, 3.8) is 0 Å². The molecule has 0 aliphatic rings. The van der Waals surface area contributed by atoms with Crippen LogP contribution in [0.15, 0.2) is 30.3 Å². The minimum Gasteiger partial charge on any atom is -0.366 e. The summed E-state index contributed by atoms with van der Waals surface area (Å²) in [4.78, 5) is 11.6. The summed E-state index contributed by atoms with van der Waals surface area (Å²) in [6, 6.07) is 10.4. The summed E-state index contributed by atoms with van der Waals surface area (Å²) < 4.78 is 0. The smallest absolute Gasteiger partial charge is 0.227 e. The Bertz CT molecular complexity index is 619. The molecule has 23 heavy (non-hydrogen) atoms. The Balaban J connectivity index is 2.14. The van der Waals surface area contributed by atoms with Gasteiger partial charge in [0.2, 0.25) is 5.95 Å². The molecule has 1 heterocycles. The Morgan fingerprint density at radius 1 is 1.00 bits per heavy atom. The summed E-state index contributed by atoms with van der Waals surface area (Å²) in [5, 5.41) is 3.44. The van der Waals surface area contributed by atoms with E-state index in [9.17, 15) is 0 Å². The fraction of sp³-hybridized carbons (Fsp3) is 0.474. The van der Waals surface area contributed by atoms with Crippen molar-refractivity contribution >= 4 is 11.8 Å². The van der Waals surface area contributed by atoms with Gasteiger partial charge in [-0.05, 0) is 37.8 Å². The SMILES string of the molecule is CCCN(CCC)c1nc(C)cc(NCc2ccccc2C)n1. The molecule has 0 aliphatic carbocycles. The molecule has 0 spiro atoms. The van der Waals surface area contributed by atoms with E-state index in [1.54, 1.807) is 0 Å². The second-order valence-electron chi connectivity index (χ2n) is 5.96. The lowest BCUT2D eigenvalue weighted by molar-refractivity contribution is 0.719. The number of aromatic nitrogens is 2. The molecule has 0 aliphatic heterocycles. The Hall–Kier alpha value is -2.10. The number of hydrogen-bond acceptors (Lipinski definition) is 4. The first kappa shape index (κ1) is 17.3. The first-order chi connectivity index (χ1) is 11.1. The maximum atomic E-state index is 4.72. The van der Waals surface area contributed by atoms with Crippen molar-refractivity contribution in [1.29, 1.82) is 0 Å². The summed E-state index contributed by atoms with van der Waals surface area (Å²) in [5.41, 5.74) is 3.59. The molecule has 1 N–H and O–H groups in total. The van der Waals surface area contributed by atoms with Gasteiger partial charge in [-0.3, -0.25) is 0 Å². The molecular formula is C19H28N4. The van der Waals surface area contributed by atoms with E-state index in [-0.39, 0.29) is 0 Å². The molecule has 2 aromatic rings. The third-order valence-corrected chi connectivity index (χ3v) is 3.83. The van der Waals surface area contributed by atoms with Gasteiger partial charge in [0.1, 0.15) is 5.82 Å². The van der Waals surface area contributed by atoms with Crippen LogP contribution in [0.3, 0.4) is 0 Å². The maximum absolute atomic E-state index is 4.72. The zero-order valence-electron chi connectivity index (χ0n) is 14.8. The van der Waals surface area contributed by atoms with E-state index in [4.69, 9.17) is 4.98 Å². The molecule has 0 fully saturated rings. The summed E-state index contributed by atoms with van der Waals surface area (Å²) in [5.74, 6) is 1.73. The zero-order chi connectivity index (χ0) is 16.7. The van der Waals surface area contributed by atoms with Crippen LogP contribution in [0.4, 0.5) is 11.8 Å². The normalized spacial score (nSPS) is 10.6. The number of benzene rings is 1. The molecule has 0 saturated carbocycles. The summed E-state index contributed by atoms with van der Waals surface area (Å²) in [7, 11) is 0. The van der Waals surface area contributed by atoms with Crippen LogP contribution in [0, 0.1) is 13.8 Å². The van der Waals surface area contributed by atoms with Crippen LogP contribution < -0.4 is 10.2 Å². The van der Waals surface area contributed by atoms with Gasteiger partial charge < -0.3 is 10.2 Å². The molecule has 4 nitrogen and oxygen atoms in total. The highest BCUT2D eigenvalue weighted by molar-refractivity contribution is 5.44. The van der Waals surface area contributed by atoms with E-state index >= 15 is 0 Å². The molecule has 0 radical (unpaired) electrons. The average molecular weight is 312 g/mol. The van der Waals surface area contributed by atoms with E-state index in [0.29, 0.717) is 0 Å². The molecule has 1 aromatic carbocycles. The molecule has 4 heteroatoms. The van der Waals surface area contributed by atoms with Crippen LogP contribution in [0.2, 0.25) is 0 Å². The largest absolute Gasteiger partial charge is 0.366 e. The number of rotatable bonds is 8. The van der Waals surface area contributed by atoms with E-state index in [1.165, 1.54) is 11.1 Å². The highest BCUT2D eigenvalue weighted by Gasteiger charge is 2.10. The Morgan fingerprint density at radius 2 is 1.70 bits per heavy atom. The van der Waals surface area contributed by atoms with Crippen LogP contribution in [-0.2, 0) is 6.54 Å². The third-order valence-electron chi connectivity index (χ3n) is 3.83. The Labute approximate surface area is 140 Å². The first-order valence-corrected chi connectivity index (χ1v) is 8.53. The number of anilines is 2. The molecular weight excluding hydrogens is 284 g/mol. The van der Waals surface area contributed by atoms with E-state index in [1.807, 2.05) is 13.0 Å². The van der Waals surface area contributed by atoms with Crippen LogP contribution in [0.5, 0.6) is 0 Å². The van der Waals surface area contributed by atoms with E-state index < -0.39 is 0 Å². The van der Waals surface area contributed by atoms with Gasteiger partial charge >= 0.3 is 0 Å². The second-order valence-corrected chi connectivity index (χ2v) is 5.96. The Morgan fingerprint density at radius 3 is 2.35 bits per heavy atom. The van der Waals surface area contributed by atoms with Crippen LogP contribution in [0.25, 0.3) is 0 Å². The van der Waals surface area contributed by atoms with Crippen molar-refractivity contribution in [1.82, 2.24) is 9.97 Å². The second kappa shape index (κ2) is 8.51. The first-order valence-electron chi connectivity index (χ1n) is 8.53. The summed E-state index contributed by atoms with van der Waals surface area (Å²) in [6.45, 7) is 11.3. The van der Waals surface area contributed by atoms with Gasteiger partial charge in [-0.15, -0.1) is 0 Å². The lowest BCUT2D eigenvalue weighted by Crippen LogP contribution is -2.27. The van der Waals surface area contributed by atoms with E-state index in [0.717, 1.165) is 49.9 Å². The third kappa shape index (κ3) is 4.95. The number of nitrogens with zero attached hydrogens (tertiary/aromatic N) is 3. The minimum atomic E-state index is 0.782. The molecule has 0 bridgehead atoms. The standard InChI is InChI=1S/C19H28N4/c1-5-11-23(12-6-2)19-21-16(4)13-18(22-19)20-14-17-10-8-7-9-15(17)3/h7-10,13H,5-6,11-12,14H2,1-4H3,(H,20,21,22). The molecule has 0 amide bonds. The zero-order valence-corrected chi connectivity index (χ0v) is 14.8. The summed E-state index contributed by atoms with van der Waals surface area (Å²) >= 11 is 0. The number of aryl methyl sites for hydroxylation is 2. The van der Waals surface area contributed by atoms with E-state index in [2.05, 4.69) is 60.2 Å². The summed E-state index contributed by atoms with van der Waals surface area (Å²) in [6.07, 6.45) is 2.20. The van der Waals surface area contributed by atoms with Gasteiger partial charge in [0.05, 0.1) is 0 Å². The molecule has 0 unspecified atom stereocenters. The topological polar surface area (TPSA) is 41.1 Å². The quantitative estimate of drug-likeness (QED) is 0.787. The Kier molecular flexibility index (Phi) is 6.39. The van der Waals surface area contributed by atoms with Gasteiger partial charge in [0.15, 0.2) is 0 Å². The van der Waals surface area contributed by atoms with Crippen molar-refractivity contribution in [2.45, 2.75) is 47.1 Å². The van der Waals surface area contributed by atoms with Crippen molar-refractivity contribution in [2.75, 3.05) is 23.3 Å². The van der Waals surface area contributed by atoms with Crippen molar-refractivity contribution in [3.05, 3.63) is 47.2 Å². The lowest BCUT2D eigenvalue weighted by Gasteiger charge is -2.22. The predicted molar refractivity (Wildman–Crippen MR) is 98.1 cm³/mol. The highest BCUT2D eigenvalue weighted by atomic mass is 15.3. The van der Waals surface area contributed by atoms with Crippen LogP contribution in [0.1, 0.15) is 43.5 Å². The lowest BCUT2D eigenvalue weighted by atomic mass is 10.1. The van der Waals surface area contributed by atoms with Crippen molar-refractivity contribution in [3.8, 4) is 0 Å². The fourth-order valence-electron chi connectivity index (χ4n) is 2.63. The highest BCUT2D eigenvalue weighted by Crippen LogP contribution is 2.16. The predicted octanol–water partition coefficient (Wildman–Crippen LogP) is 4.33. The molecule has 1 aromatic heterocycles. The van der Waals surface area contributed by atoms with Gasteiger partial charge in [0.25, 0.3) is 0 Å². The minimum absolute atomic E-state index is 0.782. The maximum Gasteiger partial charge on any atom is 0.227 e. The number of nitrogens with one attached hydrogen (secondary N) is 1. The van der Waals surface area contributed by atoms with Gasteiger partial charge in [-0.2, -0.15) is 4.98 Å². The van der Waals surface area contributed by atoms with Crippen LogP contribution >= 0.6 is 0 Å². The monoisotopic (exact) mass is 312 g/mol. The van der Waals surface area contributed by atoms with Crippen molar-refractivity contribution in [2.24, 2.45) is 0 Å². The number of hydrogen-bond donors (Lipinski definition) is 1. The average Bonchev–Trinajstić information content (AvgIpc) is 2.53. The molecule has 0 saturated heterocycles. The van der Waals surface area contributed by atoms with Crippen LogP contribution in [-0.4, -0.2) is 23.1 Å². The molecule has 2 rings (SSSR count). The van der Waals surface area contributed by atoms with Gasteiger partial charge in [-0.1, -0.05) is 38.1 Å². The molecule has 0 atom stereocenters. The fourth-order valence-corrected chi connectivity index (χ4v) is 2.63. The van der Waals surface area contributed by atoms with Crippen molar-refractivity contribution < 1.29 is 0 Å². The molecule has 124 valence electrons.